The van der Waals surface area contributed by atoms with Gasteiger partial charge in [0.05, 0.1) is 12.1 Å². The first-order valence-electron chi connectivity index (χ1n) is 10.2. The molecule has 3 aromatic rings. The number of nitrogens with zero attached hydrogens (tertiary/aromatic N) is 2. The molecule has 0 unspecified atom stereocenters. The number of anilines is 1. The first-order valence-corrected chi connectivity index (χ1v) is 10.2. The lowest BCUT2D eigenvalue weighted by Crippen LogP contribution is -2.29. The maximum Gasteiger partial charge on any atom is 0.355 e. The van der Waals surface area contributed by atoms with Crippen molar-refractivity contribution in [2.45, 2.75) is 26.9 Å². The van der Waals surface area contributed by atoms with E-state index in [0.717, 1.165) is 17.8 Å². The van der Waals surface area contributed by atoms with E-state index >= 15 is 0 Å². The zero-order valence-electron chi connectivity index (χ0n) is 18.1. The van der Waals surface area contributed by atoms with Gasteiger partial charge in [-0.25, -0.2) is 4.79 Å². The highest BCUT2D eigenvalue weighted by Crippen LogP contribution is 2.20. The predicted molar refractivity (Wildman–Crippen MR) is 121 cm³/mol. The summed E-state index contributed by atoms with van der Waals surface area (Å²) in [5.41, 5.74) is 3.25. The van der Waals surface area contributed by atoms with E-state index in [1.807, 2.05) is 62.3 Å². The van der Waals surface area contributed by atoms with Gasteiger partial charge in [0.25, 0.3) is 0 Å². The molecule has 0 aliphatic heterocycles. The Morgan fingerprint density at radius 2 is 1.77 bits per heavy atom. The molecule has 1 aromatic heterocycles. The fraction of sp³-hybridized carbons (Fsp3) is 0.333. The lowest BCUT2D eigenvalue weighted by molar-refractivity contribution is 0.0517. The van der Waals surface area contributed by atoms with Crippen LogP contribution in [0.15, 0.2) is 53.3 Å². The van der Waals surface area contributed by atoms with Crippen molar-refractivity contribution >= 4 is 22.6 Å². The Labute approximate surface area is 177 Å². The number of esters is 1. The lowest BCUT2D eigenvalue weighted by Gasteiger charge is -2.22. The smallest absolute Gasteiger partial charge is 0.355 e. The van der Waals surface area contributed by atoms with Crippen LogP contribution in [0.25, 0.3) is 10.9 Å². The van der Waals surface area contributed by atoms with Gasteiger partial charge >= 0.3 is 5.97 Å². The van der Waals surface area contributed by atoms with Crippen LogP contribution in [0.1, 0.15) is 35.5 Å². The number of H-pyrrole nitrogens is 1. The zero-order chi connectivity index (χ0) is 21.7. The second-order valence-corrected chi connectivity index (χ2v) is 7.44. The van der Waals surface area contributed by atoms with Crippen LogP contribution in [-0.2, 0) is 17.8 Å². The second-order valence-electron chi connectivity index (χ2n) is 7.44. The Morgan fingerprint density at radius 3 is 2.40 bits per heavy atom. The van der Waals surface area contributed by atoms with Crippen molar-refractivity contribution in [1.29, 1.82) is 0 Å². The molecule has 6 heteroatoms. The number of hydrogen-bond donors (Lipinski definition) is 1. The van der Waals surface area contributed by atoms with Crippen LogP contribution in [0.2, 0.25) is 0 Å². The molecule has 0 saturated heterocycles. The molecular weight excluding hydrogens is 378 g/mol. The number of nitrogens with one attached hydrogen (secondary N) is 1. The van der Waals surface area contributed by atoms with Gasteiger partial charge in [0.2, 0.25) is 0 Å². The topological polar surface area (TPSA) is 65.6 Å². The number of benzene rings is 2. The Balaban J connectivity index is 2.08. The molecule has 0 amide bonds. The standard InChI is InChI=1S/C24H29N3O3/c1-5-27(15-17-10-8-7-9-11-17)16-20-22(24(29)30-6-2)25-21-13-12-18(26(3)4)14-19(21)23(20)28/h7-14H,5-6,15-16H2,1-4H3,(H,25,28). The molecule has 6 nitrogen and oxygen atoms in total. The van der Waals surface area contributed by atoms with Crippen molar-refractivity contribution in [3.63, 3.8) is 0 Å². The summed E-state index contributed by atoms with van der Waals surface area (Å²) in [4.78, 5) is 33.4. The Bertz CT molecular complexity index is 1070. The molecule has 158 valence electrons. The quantitative estimate of drug-likeness (QED) is 0.576. The number of rotatable bonds is 8. The minimum Gasteiger partial charge on any atom is -0.461 e. The molecule has 0 fully saturated rings. The molecule has 0 saturated carbocycles. The van der Waals surface area contributed by atoms with Crippen molar-refractivity contribution < 1.29 is 9.53 Å². The van der Waals surface area contributed by atoms with Crippen molar-refractivity contribution in [3.8, 4) is 0 Å². The molecule has 0 aliphatic rings. The van der Waals surface area contributed by atoms with E-state index in [0.29, 0.717) is 29.6 Å². The maximum atomic E-state index is 13.5. The number of aromatic amines is 1. The number of pyridine rings is 1. The maximum absolute atomic E-state index is 13.5. The molecule has 1 N–H and O–H groups in total. The number of fused-ring (bicyclic) bond motifs is 1. The van der Waals surface area contributed by atoms with Crippen molar-refractivity contribution in [1.82, 2.24) is 9.88 Å². The second kappa shape index (κ2) is 9.59. The molecule has 30 heavy (non-hydrogen) atoms. The van der Waals surface area contributed by atoms with Crippen molar-refractivity contribution in [2.75, 3.05) is 32.1 Å². The van der Waals surface area contributed by atoms with Crippen LogP contribution < -0.4 is 10.3 Å². The number of aromatic nitrogens is 1. The van der Waals surface area contributed by atoms with Gasteiger partial charge in [0.15, 0.2) is 5.43 Å². The Kier molecular flexibility index (Phi) is 6.90. The van der Waals surface area contributed by atoms with Gasteiger partial charge in [-0.15, -0.1) is 0 Å². The zero-order valence-corrected chi connectivity index (χ0v) is 18.1. The van der Waals surface area contributed by atoms with Crippen LogP contribution in [0.4, 0.5) is 5.69 Å². The van der Waals surface area contributed by atoms with Crippen LogP contribution in [0.3, 0.4) is 0 Å². The molecule has 0 spiro atoms. The van der Waals surface area contributed by atoms with Crippen LogP contribution in [-0.4, -0.2) is 43.1 Å². The lowest BCUT2D eigenvalue weighted by atomic mass is 10.1. The highest BCUT2D eigenvalue weighted by atomic mass is 16.5. The average Bonchev–Trinajstić information content (AvgIpc) is 2.75. The fourth-order valence-corrected chi connectivity index (χ4v) is 3.47. The van der Waals surface area contributed by atoms with Gasteiger partial charge in [0, 0.05) is 43.8 Å². The molecule has 3 rings (SSSR count). The summed E-state index contributed by atoms with van der Waals surface area (Å²) in [5, 5.41) is 0.569. The largest absolute Gasteiger partial charge is 0.461 e. The number of carbonyl (C=O) groups is 1. The molecule has 0 radical (unpaired) electrons. The minimum atomic E-state index is -0.501. The van der Waals surface area contributed by atoms with Crippen LogP contribution >= 0.6 is 0 Å². The van der Waals surface area contributed by atoms with E-state index in [1.165, 1.54) is 0 Å². The molecule has 1 heterocycles. The summed E-state index contributed by atoms with van der Waals surface area (Å²) in [6, 6.07) is 15.7. The summed E-state index contributed by atoms with van der Waals surface area (Å²) in [7, 11) is 3.86. The molecular formula is C24H29N3O3. The van der Waals surface area contributed by atoms with E-state index in [4.69, 9.17) is 4.74 Å². The van der Waals surface area contributed by atoms with Crippen molar-refractivity contribution in [2.24, 2.45) is 0 Å². The van der Waals surface area contributed by atoms with E-state index in [2.05, 4.69) is 22.0 Å². The van der Waals surface area contributed by atoms with Gasteiger partial charge < -0.3 is 14.6 Å². The van der Waals surface area contributed by atoms with Gasteiger partial charge in [-0.2, -0.15) is 0 Å². The van der Waals surface area contributed by atoms with Crippen LogP contribution in [0.5, 0.6) is 0 Å². The van der Waals surface area contributed by atoms with Crippen LogP contribution in [0, 0.1) is 0 Å². The summed E-state index contributed by atoms with van der Waals surface area (Å²) in [5.74, 6) is -0.501. The third kappa shape index (κ3) is 4.71. The van der Waals surface area contributed by atoms with E-state index in [9.17, 15) is 9.59 Å². The number of ether oxygens (including phenoxy) is 1. The predicted octanol–water partition coefficient (Wildman–Crippen LogP) is 3.79. The highest BCUT2D eigenvalue weighted by molar-refractivity contribution is 5.93. The Hall–Kier alpha value is -3.12. The van der Waals surface area contributed by atoms with E-state index < -0.39 is 5.97 Å². The first kappa shape index (κ1) is 21.6. The van der Waals surface area contributed by atoms with Gasteiger partial charge in [-0.05, 0) is 37.2 Å². The third-order valence-corrected chi connectivity index (χ3v) is 5.16. The molecule has 0 bridgehead atoms. The summed E-state index contributed by atoms with van der Waals surface area (Å²) in [6.07, 6.45) is 0. The average molecular weight is 408 g/mol. The highest BCUT2D eigenvalue weighted by Gasteiger charge is 2.21. The molecule has 2 aromatic carbocycles. The summed E-state index contributed by atoms with van der Waals surface area (Å²) >= 11 is 0. The SMILES string of the molecule is CCOC(=O)c1[nH]c2ccc(N(C)C)cc2c(=O)c1CN(CC)Cc1ccccc1. The van der Waals surface area contributed by atoms with Gasteiger partial charge in [-0.1, -0.05) is 37.3 Å². The summed E-state index contributed by atoms with van der Waals surface area (Å²) in [6.45, 7) is 5.85. The third-order valence-electron chi connectivity index (χ3n) is 5.16. The van der Waals surface area contributed by atoms with E-state index in [-0.39, 0.29) is 17.7 Å². The molecule has 0 atom stereocenters. The number of hydrogen-bond acceptors (Lipinski definition) is 5. The monoisotopic (exact) mass is 407 g/mol. The summed E-state index contributed by atoms with van der Waals surface area (Å²) < 4.78 is 5.23. The first-order chi connectivity index (χ1) is 14.4. The van der Waals surface area contributed by atoms with Gasteiger partial charge in [0.1, 0.15) is 5.69 Å². The van der Waals surface area contributed by atoms with Crippen molar-refractivity contribution in [3.05, 3.63) is 75.6 Å². The molecule has 0 aliphatic carbocycles. The van der Waals surface area contributed by atoms with Gasteiger partial charge in [-0.3, -0.25) is 9.69 Å². The fourth-order valence-electron chi connectivity index (χ4n) is 3.47. The van der Waals surface area contributed by atoms with E-state index in [1.54, 1.807) is 6.92 Å². The number of carbonyl (C=O) groups excluding carboxylic acids is 1. The Morgan fingerprint density at radius 1 is 1.03 bits per heavy atom. The normalized spacial score (nSPS) is 11.1. The minimum absolute atomic E-state index is 0.137.